The Morgan fingerprint density at radius 3 is 2.83 bits per heavy atom. The molecule has 3 rings (SSSR count). The standard InChI is InChI=1S/C17H21N3O3/c1-2-18-17(19-12-14-5-3-8-21-14)20-13-6-7-15-16(11-13)23-10-4-9-22-15/h3,5-8,11H,2,4,9-10,12H2,1H3,(H2,18,19,20). The quantitative estimate of drug-likeness (QED) is 0.670. The summed E-state index contributed by atoms with van der Waals surface area (Å²) < 4.78 is 16.7. The van der Waals surface area contributed by atoms with Crippen molar-refractivity contribution in [3.8, 4) is 11.5 Å². The number of fused-ring (bicyclic) bond motifs is 1. The van der Waals surface area contributed by atoms with E-state index in [0.29, 0.717) is 25.7 Å². The highest BCUT2D eigenvalue weighted by Crippen LogP contribution is 2.32. The van der Waals surface area contributed by atoms with Crippen LogP contribution in [0.4, 0.5) is 5.69 Å². The Morgan fingerprint density at radius 1 is 1.17 bits per heavy atom. The molecule has 2 aromatic rings. The van der Waals surface area contributed by atoms with Gasteiger partial charge in [-0.1, -0.05) is 0 Å². The molecule has 0 fully saturated rings. The van der Waals surface area contributed by atoms with Gasteiger partial charge in [0.1, 0.15) is 12.3 Å². The second kappa shape index (κ2) is 7.58. The number of rotatable bonds is 4. The third kappa shape index (κ3) is 4.18. The van der Waals surface area contributed by atoms with Crippen molar-refractivity contribution in [1.82, 2.24) is 5.32 Å². The third-order valence-corrected chi connectivity index (χ3v) is 3.33. The zero-order valence-electron chi connectivity index (χ0n) is 13.2. The van der Waals surface area contributed by atoms with Crippen molar-refractivity contribution in [1.29, 1.82) is 0 Å². The smallest absolute Gasteiger partial charge is 0.196 e. The van der Waals surface area contributed by atoms with E-state index in [2.05, 4.69) is 15.6 Å². The Balaban J connectivity index is 1.72. The average molecular weight is 315 g/mol. The first kappa shape index (κ1) is 15.3. The maximum Gasteiger partial charge on any atom is 0.196 e. The number of hydrogen-bond donors (Lipinski definition) is 2. The van der Waals surface area contributed by atoms with Crippen molar-refractivity contribution >= 4 is 11.6 Å². The van der Waals surface area contributed by atoms with Gasteiger partial charge in [0.2, 0.25) is 0 Å². The van der Waals surface area contributed by atoms with Crippen LogP contribution in [0, 0.1) is 0 Å². The first-order chi connectivity index (χ1) is 11.3. The van der Waals surface area contributed by atoms with Crippen LogP contribution in [0.5, 0.6) is 11.5 Å². The Morgan fingerprint density at radius 2 is 2.04 bits per heavy atom. The van der Waals surface area contributed by atoms with Gasteiger partial charge in [0, 0.05) is 24.7 Å². The summed E-state index contributed by atoms with van der Waals surface area (Å²) in [5, 5.41) is 6.49. The molecule has 23 heavy (non-hydrogen) atoms. The van der Waals surface area contributed by atoms with Crippen molar-refractivity contribution in [2.75, 3.05) is 25.1 Å². The van der Waals surface area contributed by atoms with E-state index in [1.165, 1.54) is 0 Å². The van der Waals surface area contributed by atoms with Gasteiger partial charge in [-0.05, 0) is 31.2 Å². The second-order valence-corrected chi connectivity index (χ2v) is 5.11. The van der Waals surface area contributed by atoms with E-state index in [4.69, 9.17) is 13.9 Å². The van der Waals surface area contributed by atoms with Crippen LogP contribution in [-0.2, 0) is 6.54 Å². The molecule has 0 unspecified atom stereocenters. The van der Waals surface area contributed by atoms with Gasteiger partial charge in [-0.2, -0.15) is 0 Å². The summed E-state index contributed by atoms with van der Waals surface area (Å²) in [6.07, 6.45) is 2.54. The minimum atomic E-state index is 0.479. The Labute approximate surface area is 135 Å². The van der Waals surface area contributed by atoms with Crippen LogP contribution in [0.3, 0.4) is 0 Å². The molecular formula is C17H21N3O3. The molecule has 1 aliphatic rings. The molecule has 0 bridgehead atoms. The van der Waals surface area contributed by atoms with Gasteiger partial charge in [0.05, 0.1) is 19.5 Å². The van der Waals surface area contributed by atoms with E-state index in [1.807, 2.05) is 37.3 Å². The van der Waals surface area contributed by atoms with Gasteiger partial charge >= 0.3 is 0 Å². The molecular weight excluding hydrogens is 294 g/mol. The van der Waals surface area contributed by atoms with Gasteiger partial charge in [-0.15, -0.1) is 0 Å². The number of hydrogen-bond acceptors (Lipinski definition) is 4. The summed E-state index contributed by atoms with van der Waals surface area (Å²) in [4.78, 5) is 4.51. The number of nitrogens with zero attached hydrogens (tertiary/aromatic N) is 1. The van der Waals surface area contributed by atoms with E-state index in [1.54, 1.807) is 6.26 Å². The van der Waals surface area contributed by atoms with Crippen LogP contribution < -0.4 is 20.1 Å². The Hall–Kier alpha value is -2.63. The molecule has 122 valence electrons. The van der Waals surface area contributed by atoms with Crippen molar-refractivity contribution in [3.05, 3.63) is 42.4 Å². The number of anilines is 1. The SMILES string of the molecule is CCNC(=NCc1ccco1)Nc1ccc2c(c1)OCCCO2. The maximum atomic E-state index is 5.71. The highest BCUT2D eigenvalue weighted by Gasteiger charge is 2.11. The number of furan rings is 1. The third-order valence-electron chi connectivity index (χ3n) is 3.33. The molecule has 0 aliphatic carbocycles. The summed E-state index contributed by atoms with van der Waals surface area (Å²) in [6.45, 7) is 4.63. The van der Waals surface area contributed by atoms with Crippen molar-refractivity contribution < 1.29 is 13.9 Å². The normalized spacial score (nSPS) is 14.2. The largest absolute Gasteiger partial charge is 0.490 e. The molecule has 1 aromatic carbocycles. The van der Waals surface area contributed by atoms with Crippen molar-refractivity contribution in [3.63, 3.8) is 0 Å². The van der Waals surface area contributed by atoms with E-state index >= 15 is 0 Å². The zero-order chi connectivity index (χ0) is 15.9. The fraction of sp³-hybridized carbons (Fsp3) is 0.353. The first-order valence-corrected chi connectivity index (χ1v) is 7.82. The predicted molar refractivity (Wildman–Crippen MR) is 89.2 cm³/mol. The highest BCUT2D eigenvalue weighted by molar-refractivity contribution is 5.93. The minimum absolute atomic E-state index is 0.479. The van der Waals surface area contributed by atoms with Crippen LogP contribution >= 0.6 is 0 Å². The van der Waals surface area contributed by atoms with E-state index in [-0.39, 0.29) is 0 Å². The van der Waals surface area contributed by atoms with Gasteiger partial charge in [-0.3, -0.25) is 0 Å². The van der Waals surface area contributed by atoms with Crippen LogP contribution in [0.15, 0.2) is 46.0 Å². The summed E-state index contributed by atoms with van der Waals surface area (Å²) >= 11 is 0. The number of guanidine groups is 1. The maximum absolute atomic E-state index is 5.71. The van der Waals surface area contributed by atoms with Gasteiger partial charge in [0.15, 0.2) is 17.5 Å². The van der Waals surface area contributed by atoms with Gasteiger partial charge in [-0.25, -0.2) is 4.99 Å². The lowest BCUT2D eigenvalue weighted by molar-refractivity contribution is 0.297. The summed E-state index contributed by atoms with van der Waals surface area (Å²) in [6, 6.07) is 9.56. The molecule has 0 spiro atoms. The van der Waals surface area contributed by atoms with Crippen LogP contribution in [-0.4, -0.2) is 25.7 Å². The number of benzene rings is 1. The first-order valence-electron chi connectivity index (χ1n) is 7.82. The summed E-state index contributed by atoms with van der Waals surface area (Å²) in [7, 11) is 0. The molecule has 0 radical (unpaired) electrons. The summed E-state index contributed by atoms with van der Waals surface area (Å²) in [5.74, 6) is 3.05. The molecule has 1 aromatic heterocycles. The molecule has 0 atom stereocenters. The molecule has 0 saturated heterocycles. The number of ether oxygens (including phenoxy) is 2. The molecule has 0 saturated carbocycles. The number of nitrogens with one attached hydrogen (secondary N) is 2. The Bertz CT molecular complexity index is 653. The highest BCUT2D eigenvalue weighted by atomic mass is 16.5. The molecule has 2 N–H and O–H groups in total. The fourth-order valence-electron chi connectivity index (χ4n) is 2.24. The number of aliphatic imine (C=N–C) groups is 1. The fourth-order valence-corrected chi connectivity index (χ4v) is 2.24. The average Bonchev–Trinajstić information content (AvgIpc) is 2.97. The lowest BCUT2D eigenvalue weighted by Crippen LogP contribution is -2.30. The molecule has 2 heterocycles. The van der Waals surface area contributed by atoms with Gasteiger partial charge < -0.3 is 24.5 Å². The molecule has 1 aliphatic heterocycles. The van der Waals surface area contributed by atoms with Crippen LogP contribution in [0.2, 0.25) is 0 Å². The van der Waals surface area contributed by atoms with Crippen molar-refractivity contribution in [2.24, 2.45) is 4.99 Å². The van der Waals surface area contributed by atoms with E-state index in [0.717, 1.165) is 35.9 Å². The van der Waals surface area contributed by atoms with Crippen molar-refractivity contribution in [2.45, 2.75) is 19.9 Å². The van der Waals surface area contributed by atoms with Gasteiger partial charge in [0.25, 0.3) is 0 Å². The lowest BCUT2D eigenvalue weighted by Gasteiger charge is -2.13. The monoisotopic (exact) mass is 315 g/mol. The Kier molecular flexibility index (Phi) is 5.03. The van der Waals surface area contributed by atoms with E-state index < -0.39 is 0 Å². The van der Waals surface area contributed by atoms with Crippen LogP contribution in [0.25, 0.3) is 0 Å². The molecule has 6 heteroatoms. The second-order valence-electron chi connectivity index (χ2n) is 5.11. The van der Waals surface area contributed by atoms with E-state index in [9.17, 15) is 0 Å². The minimum Gasteiger partial charge on any atom is -0.490 e. The predicted octanol–water partition coefficient (Wildman–Crippen LogP) is 3.02. The van der Waals surface area contributed by atoms with Crippen LogP contribution in [0.1, 0.15) is 19.1 Å². The topological polar surface area (TPSA) is 68.0 Å². The zero-order valence-corrected chi connectivity index (χ0v) is 13.2. The summed E-state index contributed by atoms with van der Waals surface area (Å²) in [5.41, 5.74) is 0.897. The molecule has 0 amide bonds. The lowest BCUT2D eigenvalue weighted by atomic mass is 10.3. The molecule has 6 nitrogen and oxygen atoms in total.